The van der Waals surface area contributed by atoms with Gasteiger partial charge in [0, 0.05) is 23.2 Å². The number of aryl methyl sites for hydroxylation is 1. The van der Waals surface area contributed by atoms with E-state index in [0.717, 1.165) is 43.1 Å². The minimum Gasteiger partial charge on any atom is -0.314 e. The van der Waals surface area contributed by atoms with E-state index in [1.165, 1.54) is 0 Å². The zero-order valence-electron chi connectivity index (χ0n) is 10.3. The maximum Gasteiger partial charge on any atom is 0.666 e. The first-order valence-electron chi connectivity index (χ1n) is 5.85. The number of rotatable bonds is 3. The van der Waals surface area contributed by atoms with Crippen LogP contribution in [0.5, 0.6) is 5.75 Å². The largest absolute Gasteiger partial charge is 0.666 e. The molecule has 1 atom stereocenters. The monoisotopic (exact) mass is 253 g/mol. The maximum absolute atomic E-state index is 12.1. The highest BCUT2D eigenvalue weighted by molar-refractivity contribution is 7.36. The third kappa shape index (κ3) is 3.03. The molecule has 1 unspecified atom stereocenters. The van der Waals surface area contributed by atoms with Crippen molar-refractivity contribution in [3.8, 4) is 5.75 Å². The Hall–Kier alpha value is -0.960. The van der Waals surface area contributed by atoms with E-state index in [4.69, 9.17) is 4.52 Å². The highest BCUT2D eigenvalue weighted by atomic mass is 31.1. The van der Waals surface area contributed by atoms with Crippen LogP contribution in [0.2, 0.25) is 0 Å². The van der Waals surface area contributed by atoms with Crippen molar-refractivity contribution in [2.75, 3.05) is 26.2 Å². The molecule has 0 spiro atoms. The third-order valence-electron chi connectivity index (χ3n) is 3.06. The molecule has 0 radical (unpaired) electrons. The van der Waals surface area contributed by atoms with Gasteiger partial charge >= 0.3 is 8.18 Å². The van der Waals surface area contributed by atoms with E-state index in [0.29, 0.717) is 0 Å². The van der Waals surface area contributed by atoms with E-state index in [1.807, 2.05) is 36.7 Å². The second-order valence-corrected chi connectivity index (χ2v) is 5.45. The zero-order chi connectivity index (χ0) is 12.3. The summed E-state index contributed by atoms with van der Waals surface area (Å²) in [6.45, 7) is 7.32. The summed E-state index contributed by atoms with van der Waals surface area (Å²) in [5.41, 5.74) is 2.22. The van der Waals surface area contributed by atoms with Crippen LogP contribution < -0.4 is 9.84 Å². The van der Waals surface area contributed by atoms with Crippen LogP contribution in [0, 0.1) is 13.8 Å². The molecule has 0 amide bonds. The fraction of sp³-hybridized carbons (Fsp3) is 0.500. The average molecular weight is 253 g/mol. The molecule has 1 heterocycles. The van der Waals surface area contributed by atoms with Gasteiger partial charge in [-0.25, -0.2) is 4.52 Å². The lowest BCUT2D eigenvalue weighted by molar-refractivity contribution is 0.334. The molecule has 92 valence electrons. The van der Waals surface area contributed by atoms with Crippen LogP contribution in [0.15, 0.2) is 18.2 Å². The van der Waals surface area contributed by atoms with Crippen LogP contribution >= 0.6 is 8.18 Å². The number of benzene rings is 1. The van der Waals surface area contributed by atoms with Crippen molar-refractivity contribution in [2.45, 2.75) is 13.8 Å². The molecule has 1 N–H and O–H groups in total. The van der Waals surface area contributed by atoms with Gasteiger partial charge in [-0.05, 0) is 25.5 Å². The Morgan fingerprint density at radius 3 is 2.71 bits per heavy atom. The van der Waals surface area contributed by atoms with Crippen LogP contribution in [-0.4, -0.2) is 30.8 Å². The molecule has 1 aliphatic heterocycles. The lowest BCUT2D eigenvalue weighted by atomic mass is 10.1. The molecule has 1 fully saturated rings. The van der Waals surface area contributed by atoms with Gasteiger partial charge < -0.3 is 5.32 Å². The lowest BCUT2D eigenvalue weighted by Crippen LogP contribution is -2.40. The molecule has 1 aliphatic rings. The molecule has 17 heavy (non-hydrogen) atoms. The highest BCUT2D eigenvalue weighted by Crippen LogP contribution is 2.33. The van der Waals surface area contributed by atoms with Crippen LogP contribution in [0.3, 0.4) is 0 Å². The quantitative estimate of drug-likeness (QED) is 0.839. The minimum atomic E-state index is -1.76. The molecule has 0 aromatic heterocycles. The summed E-state index contributed by atoms with van der Waals surface area (Å²) >= 11 is 0. The van der Waals surface area contributed by atoms with Crippen molar-refractivity contribution >= 4 is 8.18 Å². The van der Waals surface area contributed by atoms with Crippen molar-refractivity contribution in [2.24, 2.45) is 0 Å². The fourth-order valence-electron chi connectivity index (χ4n) is 1.78. The molecule has 4 nitrogen and oxygen atoms in total. The average Bonchev–Trinajstić information content (AvgIpc) is 2.36. The van der Waals surface area contributed by atoms with Crippen LogP contribution in [0.1, 0.15) is 11.1 Å². The van der Waals surface area contributed by atoms with Crippen LogP contribution in [0.4, 0.5) is 0 Å². The Labute approximate surface area is 103 Å². The van der Waals surface area contributed by atoms with Crippen molar-refractivity contribution in [1.29, 1.82) is 0 Å². The predicted molar refractivity (Wildman–Crippen MR) is 68.6 cm³/mol. The number of hydrogen-bond donors (Lipinski definition) is 1. The fourth-order valence-corrected chi connectivity index (χ4v) is 2.79. The molecule has 5 heteroatoms. The standard InChI is InChI=1S/C12H18N2O2P/c1-10-4-3-5-12(11(10)2)16-17(15)14-8-6-13-7-9-14/h3-5,13H,6-9H2,1-2H3/q+1. The SMILES string of the molecule is Cc1cccc(O[P+](=O)N2CCNCC2)c1C. The molecular weight excluding hydrogens is 235 g/mol. The third-order valence-corrected chi connectivity index (χ3v) is 4.27. The van der Waals surface area contributed by atoms with Gasteiger partial charge in [0.1, 0.15) is 0 Å². The highest BCUT2D eigenvalue weighted by Gasteiger charge is 2.33. The molecule has 1 saturated heterocycles. The zero-order valence-corrected chi connectivity index (χ0v) is 11.2. The van der Waals surface area contributed by atoms with E-state index >= 15 is 0 Å². The van der Waals surface area contributed by atoms with E-state index < -0.39 is 8.18 Å². The van der Waals surface area contributed by atoms with Crippen molar-refractivity contribution < 1.29 is 9.09 Å². The summed E-state index contributed by atoms with van der Waals surface area (Å²) in [5.74, 6) is 0.727. The first-order valence-corrected chi connectivity index (χ1v) is 6.98. The smallest absolute Gasteiger partial charge is 0.314 e. The summed E-state index contributed by atoms with van der Waals surface area (Å²) in [7, 11) is -1.76. The van der Waals surface area contributed by atoms with Gasteiger partial charge in [0.25, 0.3) is 0 Å². The first kappa shape index (κ1) is 12.5. The Kier molecular flexibility index (Phi) is 4.11. The van der Waals surface area contributed by atoms with Gasteiger partial charge in [-0.1, -0.05) is 16.8 Å². The normalized spacial score (nSPS) is 17.9. The molecule has 1 aromatic rings. The van der Waals surface area contributed by atoms with Gasteiger partial charge in [-0.15, -0.1) is 0 Å². The number of hydrogen-bond acceptors (Lipinski definition) is 3. The lowest BCUT2D eigenvalue weighted by Gasteiger charge is -2.16. The number of nitrogens with one attached hydrogen (secondary N) is 1. The summed E-state index contributed by atoms with van der Waals surface area (Å²) in [6, 6.07) is 5.83. The summed E-state index contributed by atoms with van der Waals surface area (Å²) in [6.07, 6.45) is 0. The molecule has 2 rings (SSSR count). The van der Waals surface area contributed by atoms with Crippen LogP contribution in [0.25, 0.3) is 0 Å². The van der Waals surface area contributed by atoms with Gasteiger partial charge in [0.05, 0.1) is 13.1 Å². The maximum atomic E-state index is 12.1. The topological polar surface area (TPSA) is 41.6 Å². The Morgan fingerprint density at radius 1 is 1.29 bits per heavy atom. The van der Waals surface area contributed by atoms with E-state index in [9.17, 15) is 4.57 Å². The van der Waals surface area contributed by atoms with Gasteiger partial charge in [-0.3, -0.25) is 0 Å². The molecule has 0 saturated carbocycles. The second kappa shape index (κ2) is 5.58. The van der Waals surface area contributed by atoms with Crippen molar-refractivity contribution in [1.82, 2.24) is 9.99 Å². The summed E-state index contributed by atoms with van der Waals surface area (Å²) < 4.78 is 19.5. The molecule has 0 aliphatic carbocycles. The van der Waals surface area contributed by atoms with E-state index in [1.54, 1.807) is 0 Å². The number of nitrogens with zero attached hydrogens (tertiary/aromatic N) is 1. The first-order chi connectivity index (χ1) is 8.18. The predicted octanol–water partition coefficient (Wildman–Crippen LogP) is 2.24. The Morgan fingerprint density at radius 2 is 2.00 bits per heavy atom. The van der Waals surface area contributed by atoms with Gasteiger partial charge in [0.15, 0.2) is 5.75 Å². The van der Waals surface area contributed by atoms with Gasteiger partial charge in [-0.2, -0.15) is 0 Å². The Balaban J connectivity index is 2.04. The summed E-state index contributed by atoms with van der Waals surface area (Å²) in [5, 5.41) is 3.23. The number of piperazine rings is 1. The molecule has 0 bridgehead atoms. The summed E-state index contributed by atoms with van der Waals surface area (Å²) in [4.78, 5) is 0. The van der Waals surface area contributed by atoms with Crippen molar-refractivity contribution in [3.05, 3.63) is 29.3 Å². The van der Waals surface area contributed by atoms with Crippen molar-refractivity contribution in [3.63, 3.8) is 0 Å². The Bertz CT molecular complexity index is 417. The van der Waals surface area contributed by atoms with Gasteiger partial charge in [0.2, 0.25) is 0 Å². The minimum absolute atomic E-state index is 0.727. The molecule has 1 aromatic carbocycles. The second-order valence-electron chi connectivity index (χ2n) is 4.23. The molecular formula is C12H18N2O2P+. The van der Waals surface area contributed by atoms with E-state index in [-0.39, 0.29) is 0 Å². The van der Waals surface area contributed by atoms with Crippen LogP contribution in [-0.2, 0) is 4.57 Å². The van der Waals surface area contributed by atoms with E-state index in [2.05, 4.69) is 5.32 Å².